The molecule has 1 unspecified atom stereocenters. The summed E-state index contributed by atoms with van der Waals surface area (Å²) in [5.74, 6) is -1.90. The molecule has 0 bridgehead atoms. The second-order valence-electron chi connectivity index (χ2n) is 4.94. The van der Waals surface area contributed by atoms with Crippen molar-refractivity contribution in [3.8, 4) is 0 Å². The molecule has 1 atom stereocenters. The second-order valence-corrected chi connectivity index (χ2v) is 4.94. The number of nitrogens with zero attached hydrogens (tertiary/aromatic N) is 2. The number of hydrogen-bond donors (Lipinski definition) is 0. The molecule has 2 rings (SSSR count). The number of Topliss-reactive ketones (excluding diaryl/α,β-unsaturated/α-hetero) is 1. The number of hydrogen-bond acceptors (Lipinski definition) is 3. The van der Waals surface area contributed by atoms with E-state index in [1.807, 2.05) is 12.1 Å². The summed E-state index contributed by atoms with van der Waals surface area (Å²) in [5.41, 5.74) is 0.862. The molecule has 0 spiro atoms. The van der Waals surface area contributed by atoms with Crippen LogP contribution in [0.5, 0.6) is 0 Å². The molecule has 0 aliphatic carbocycles. The molecule has 3 nitrogen and oxygen atoms in total. The van der Waals surface area contributed by atoms with Gasteiger partial charge in [-0.05, 0) is 37.7 Å². The van der Waals surface area contributed by atoms with Gasteiger partial charge in [-0.3, -0.25) is 14.7 Å². The highest BCUT2D eigenvalue weighted by Gasteiger charge is 2.22. The highest BCUT2D eigenvalue weighted by atomic mass is 19.1. The lowest BCUT2D eigenvalue weighted by molar-refractivity contribution is 0.0857. The van der Waals surface area contributed by atoms with E-state index in [1.54, 1.807) is 31.3 Å². The van der Waals surface area contributed by atoms with Crippen molar-refractivity contribution >= 4 is 5.78 Å². The predicted octanol–water partition coefficient (Wildman–Crippen LogP) is 3.06. The number of pyridine rings is 1. The van der Waals surface area contributed by atoms with Crippen molar-refractivity contribution in [2.24, 2.45) is 0 Å². The average Bonchev–Trinajstić information content (AvgIpc) is 2.47. The maximum atomic E-state index is 13.7. The van der Waals surface area contributed by atoms with Crippen molar-refractivity contribution in [2.45, 2.75) is 19.5 Å². The number of benzene rings is 1. The molecule has 0 fully saturated rings. The minimum Gasteiger partial charge on any atom is -0.292 e. The second kappa shape index (κ2) is 6.54. The average molecular weight is 290 g/mol. The van der Waals surface area contributed by atoms with E-state index in [2.05, 4.69) is 4.98 Å². The lowest BCUT2D eigenvalue weighted by Gasteiger charge is -2.23. The normalized spacial score (nSPS) is 12.4. The quantitative estimate of drug-likeness (QED) is 0.793. The van der Waals surface area contributed by atoms with Crippen LogP contribution in [0.1, 0.15) is 22.8 Å². The van der Waals surface area contributed by atoms with Crippen molar-refractivity contribution in [1.29, 1.82) is 0 Å². The van der Waals surface area contributed by atoms with Gasteiger partial charge >= 0.3 is 0 Å². The highest BCUT2D eigenvalue weighted by molar-refractivity contribution is 6.00. The molecule has 0 N–H and O–H groups in total. The zero-order valence-corrected chi connectivity index (χ0v) is 11.9. The van der Waals surface area contributed by atoms with Crippen LogP contribution in [0.4, 0.5) is 8.78 Å². The summed E-state index contributed by atoms with van der Waals surface area (Å²) in [5, 5.41) is 0. The van der Waals surface area contributed by atoms with Gasteiger partial charge in [-0.15, -0.1) is 0 Å². The molecule has 0 radical (unpaired) electrons. The zero-order chi connectivity index (χ0) is 15.4. The monoisotopic (exact) mass is 290 g/mol. The third kappa shape index (κ3) is 3.70. The molecule has 5 heteroatoms. The van der Waals surface area contributed by atoms with Gasteiger partial charge in [0.1, 0.15) is 11.6 Å². The first-order valence-electron chi connectivity index (χ1n) is 6.57. The summed E-state index contributed by atoms with van der Waals surface area (Å²) < 4.78 is 26.6. The van der Waals surface area contributed by atoms with Gasteiger partial charge in [0.15, 0.2) is 5.78 Å². The Kier molecular flexibility index (Phi) is 4.75. The summed E-state index contributed by atoms with van der Waals surface area (Å²) in [6.45, 7) is 2.21. The van der Waals surface area contributed by atoms with Gasteiger partial charge < -0.3 is 0 Å². The van der Waals surface area contributed by atoms with Gasteiger partial charge in [0.25, 0.3) is 0 Å². The molecule has 1 aromatic heterocycles. The minimum absolute atomic E-state index is 0.0954. The molecule has 110 valence electrons. The molecule has 1 aromatic carbocycles. The Hall–Kier alpha value is -2.14. The SMILES string of the molecule is CC(C(=O)c1ccc(F)cc1F)N(C)Cc1cccnc1. The molecule has 2 aromatic rings. The molecule has 0 saturated heterocycles. The lowest BCUT2D eigenvalue weighted by Crippen LogP contribution is -2.36. The van der Waals surface area contributed by atoms with Crippen molar-refractivity contribution in [1.82, 2.24) is 9.88 Å². The van der Waals surface area contributed by atoms with Crippen LogP contribution in [-0.2, 0) is 6.54 Å². The number of ketones is 1. The largest absolute Gasteiger partial charge is 0.292 e. The number of halogens is 2. The smallest absolute Gasteiger partial charge is 0.182 e. The first kappa shape index (κ1) is 15.3. The van der Waals surface area contributed by atoms with Crippen molar-refractivity contribution in [3.63, 3.8) is 0 Å². The van der Waals surface area contributed by atoms with Crippen LogP contribution in [0, 0.1) is 11.6 Å². The van der Waals surface area contributed by atoms with Crippen LogP contribution in [0.2, 0.25) is 0 Å². The van der Waals surface area contributed by atoms with Crippen molar-refractivity contribution in [3.05, 3.63) is 65.5 Å². The number of aromatic nitrogens is 1. The minimum atomic E-state index is -0.832. The maximum absolute atomic E-state index is 13.7. The number of carbonyl (C=O) groups is 1. The molecular weight excluding hydrogens is 274 g/mol. The molecule has 0 aliphatic rings. The molecule has 0 saturated carbocycles. The Morgan fingerprint density at radius 1 is 1.33 bits per heavy atom. The standard InChI is InChI=1S/C16H16F2N2O/c1-11(20(2)10-12-4-3-7-19-9-12)16(21)14-6-5-13(17)8-15(14)18/h3-9,11H,10H2,1-2H3. The van der Waals surface area contributed by atoms with Gasteiger partial charge in [-0.25, -0.2) is 8.78 Å². The van der Waals surface area contributed by atoms with Crippen LogP contribution < -0.4 is 0 Å². The third-order valence-corrected chi connectivity index (χ3v) is 3.39. The van der Waals surface area contributed by atoms with E-state index in [1.165, 1.54) is 6.07 Å². The summed E-state index contributed by atoms with van der Waals surface area (Å²) in [4.78, 5) is 18.1. The zero-order valence-electron chi connectivity index (χ0n) is 11.9. The van der Waals surface area contributed by atoms with E-state index in [-0.39, 0.29) is 11.3 Å². The number of carbonyl (C=O) groups excluding carboxylic acids is 1. The van der Waals surface area contributed by atoms with Gasteiger partial charge in [0.05, 0.1) is 11.6 Å². The third-order valence-electron chi connectivity index (χ3n) is 3.39. The van der Waals surface area contributed by atoms with Crippen LogP contribution in [0.15, 0.2) is 42.7 Å². The van der Waals surface area contributed by atoms with Crippen LogP contribution >= 0.6 is 0 Å². The van der Waals surface area contributed by atoms with Crippen molar-refractivity contribution in [2.75, 3.05) is 7.05 Å². The summed E-state index contributed by atoms with van der Waals surface area (Å²) in [7, 11) is 1.77. The lowest BCUT2D eigenvalue weighted by atomic mass is 10.0. The summed E-state index contributed by atoms with van der Waals surface area (Å²) in [6, 6.07) is 6.19. The first-order valence-corrected chi connectivity index (χ1v) is 6.57. The predicted molar refractivity (Wildman–Crippen MR) is 75.9 cm³/mol. The summed E-state index contributed by atoms with van der Waals surface area (Å²) >= 11 is 0. The van der Waals surface area contributed by atoms with Crippen LogP contribution in [-0.4, -0.2) is 28.8 Å². The van der Waals surface area contributed by atoms with E-state index in [9.17, 15) is 13.6 Å². The van der Waals surface area contributed by atoms with E-state index < -0.39 is 17.7 Å². The van der Waals surface area contributed by atoms with Gasteiger partial charge in [-0.1, -0.05) is 6.07 Å². The molecule has 0 amide bonds. The highest BCUT2D eigenvalue weighted by Crippen LogP contribution is 2.15. The van der Waals surface area contributed by atoms with Crippen LogP contribution in [0.3, 0.4) is 0 Å². The maximum Gasteiger partial charge on any atom is 0.182 e. The number of rotatable bonds is 5. The molecule has 1 heterocycles. The van der Waals surface area contributed by atoms with E-state index in [0.29, 0.717) is 6.54 Å². The molecular formula is C16H16F2N2O. The Morgan fingerprint density at radius 3 is 2.71 bits per heavy atom. The van der Waals surface area contributed by atoms with Gasteiger partial charge in [0.2, 0.25) is 0 Å². The fourth-order valence-electron chi connectivity index (χ4n) is 2.03. The molecule has 0 aliphatic heterocycles. The molecule has 21 heavy (non-hydrogen) atoms. The van der Waals surface area contributed by atoms with E-state index >= 15 is 0 Å². The van der Waals surface area contributed by atoms with E-state index in [4.69, 9.17) is 0 Å². The van der Waals surface area contributed by atoms with E-state index in [0.717, 1.165) is 17.7 Å². The number of likely N-dealkylation sites (N-methyl/N-ethyl adjacent to an activating group) is 1. The van der Waals surface area contributed by atoms with Crippen LogP contribution in [0.25, 0.3) is 0 Å². The summed E-state index contributed by atoms with van der Waals surface area (Å²) in [6.07, 6.45) is 3.39. The Bertz CT molecular complexity index is 631. The van der Waals surface area contributed by atoms with Gasteiger partial charge in [-0.2, -0.15) is 0 Å². The fourth-order valence-corrected chi connectivity index (χ4v) is 2.03. The fraction of sp³-hybridized carbons (Fsp3) is 0.250. The topological polar surface area (TPSA) is 33.2 Å². The first-order chi connectivity index (χ1) is 9.99. The van der Waals surface area contributed by atoms with Gasteiger partial charge in [0, 0.05) is 25.0 Å². The Balaban J connectivity index is 2.11. The Labute approximate surface area is 122 Å². The van der Waals surface area contributed by atoms with Crippen molar-refractivity contribution < 1.29 is 13.6 Å². The Morgan fingerprint density at radius 2 is 2.10 bits per heavy atom.